The molecule has 2 aromatic rings. The zero-order chi connectivity index (χ0) is 15.6. The topological polar surface area (TPSA) is 131 Å². The summed E-state index contributed by atoms with van der Waals surface area (Å²) >= 11 is 0. The van der Waals surface area contributed by atoms with Crippen LogP contribution < -0.4 is 10.5 Å². The number of aromatic nitrogens is 3. The smallest absolute Gasteiger partial charge is 0.291 e. The number of H-pyrrole nitrogens is 1. The quantitative estimate of drug-likeness (QED) is 0.745. The van der Waals surface area contributed by atoms with Crippen LogP contribution >= 0.6 is 0 Å². The molecule has 0 saturated carbocycles. The first-order valence-electron chi connectivity index (χ1n) is 6.10. The minimum absolute atomic E-state index is 0.0226. The molecule has 0 aliphatic heterocycles. The van der Waals surface area contributed by atoms with Gasteiger partial charge in [0.05, 0.1) is 10.9 Å². The van der Waals surface area contributed by atoms with Gasteiger partial charge in [0.15, 0.2) is 0 Å². The van der Waals surface area contributed by atoms with Crippen LogP contribution in [0.5, 0.6) is 0 Å². The highest BCUT2D eigenvalue weighted by atomic mass is 32.2. The number of nitrogens with two attached hydrogens (primary N) is 1. The van der Waals surface area contributed by atoms with Gasteiger partial charge in [-0.05, 0) is 31.5 Å². The summed E-state index contributed by atoms with van der Waals surface area (Å²) in [7, 11) is -3.72. The molecule has 0 fully saturated rings. The summed E-state index contributed by atoms with van der Waals surface area (Å²) in [6, 6.07) is 5.64. The number of aryl methyl sites for hydroxylation is 1. The van der Waals surface area contributed by atoms with Crippen LogP contribution in [0.15, 0.2) is 29.2 Å². The molecule has 1 aromatic carbocycles. The van der Waals surface area contributed by atoms with E-state index in [1.807, 2.05) is 0 Å². The standard InChI is InChI=1S/C12H15N5O3S/c1-7(14-12(18)11-15-8(2)16-17-11)9-3-5-10(6-4-9)21(13,19)20/h3-7H,1-2H3,(H,14,18)(H2,13,19,20)(H,15,16,17). The van der Waals surface area contributed by atoms with Gasteiger partial charge in [-0.15, -0.1) is 5.10 Å². The Labute approximate surface area is 121 Å². The van der Waals surface area contributed by atoms with Crippen molar-refractivity contribution < 1.29 is 13.2 Å². The zero-order valence-corrected chi connectivity index (χ0v) is 12.3. The normalized spacial score (nSPS) is 12.9. The Morgan fingerprint density at radius 1 is 1.33 bits per heavy atom. The average Bonchev–Trinajstić information content (AvgIpc) is 2.84. The first-order chi connectivity index (χ1) is 9.77. The van der Waals surface area contributed by atoms with Crippen LogP contribution in [-0.4, -0.2) is 29.5 Å². The van der Waals surface area contributed by atoms with Gasteiger partial charge < -0.3 is 5.32 Å². The van der Waals surface area contributed by atoms with Gasteiger partial charge in [-0.1, -0.05) is 12.1 Å². The van der Waals surface area contributed by atoms with Crippen molar-refractivity contribution in [2.24, 2.45) is 5.14 Å². The van der Waals surface area contributed by atoms with Gasteiger partial charge in [-0.2, -0.15) is 0 Å². The van der Waals surface area contributed by atoms with Crippen molar-refractivity contribution in [3.8, 4) is 0 Å². The average molecular weight is 309 g/mol. The molecule has 1 unspecified atom stereocenters. The maximum atomic E-state index is 11.9. The highest BCUT2D eigenvalue weighted by Crippen LogP contribution is 2.15. The van der Waals surface area contributed by atoms with Gasteiger partial charge in [0.2, 0.25) is 15.8 Å². The monoisotopic (exact) mass is 309 g/mol. The fourth-order valence-electron chi connectivity index (χ4n) is 1.73. The van der Waals surface area contributed by atoms with E-state index < -0.39 is 15.9 Å². The van der Waals surface area contributed by atoms with Gasteiger partial charge in [0.1, 0.15) is 5.82 Å². The van der Waals surface area contributed by atoms with Gasteiger partial charge in [0.25, 0.3) is 5.91 Å². The number of carbonyl (C=O) groups is 1. The summed E-state index contributed by atoms with van der Waals surface area (Å²) in [6.45, 7) is 3.46. The van der Waals surface area contributed by atoms with Crippen LogP contribution in [-0.2, 0) is 10.0 Å². The molecule has 21 heavy (non-hydrogen) atoms. The van der Waals surface area contributed by atoms with Crippen LogP contribution in [0.3, 0.4) is 0 Å². The number of nitrogens with zero attached hydrogens (tertiary/aromatic N) is 2. The van der Waals surface area contributed by atoms with Crippen molar-refractivity contribution in [1.29, 1.82) is 0 Å². The van der Waals surface area contributed by atoms with Gasteiger partial charge >= 0.3 is 0 Å². The Balaban J connectivity index is 2.10. The zero-order valence-electron chi connectivity index (χ0n) is 11.5. The molecule has 0 aliphatic rings. The van der Waals surface area contributed by atoms with E-state index in [4.69, 9.17) is 5.14 Å². The van der Waals surface area contributed by atoms with E-state index >= 15 is 0 Å². The Morgan fingerprint density at radius 3 is 2.43 bits per heavy atom. The molecule has 1 heterocycles. The first-order valence-corrected chi connectivity index (χ1v) is 7.64. The SMILES string of the molecule is Cc1nc(C(=O)NC(C)c2ccc(S(N)(=O)=O)cc2)n[nH]1. The van der Waals surface area contributed by atoms with Crippen molar-refractivity contribution >= 4 is 15.9 Å². The van der Waals surface area contributed by atoms with Crippen LogP contribution in [0.4, 0.5) is 0 Å². The number of carbonyl (C=O) groups excluding carboxylic acids is 1. The Kier molecular flexibility index (Phi) is 4.05. The Hall–Kier alpha value is -2.26. The number of primary sulfonamides is 1. The number of rotatable bonds is 4. The molecule has 8 nitrogen and oxygen atoms in total. The maximum Gasteiger partial charge on any atom is 0.291 e. The molecule has 1 amide bonds. The summed E-state index contributed by atoms with van der Waals surface area (Å²) in [6.07, 6.45) is 0. The molecule has 0 spiro atoms. The minimum Gasteiger partial charge on any atom is -0.343 e. The summed E-state index contributed by atoms with van der Waals surface area (Å²) in [5, 5.41) is 14.1. The van der Waals surface area contributed by atoms with E-state index in [1.54, 1.807) is 26.0 Å². The third-order valence-corrected chi connectivity index (χ3v) is 3.79. The molecular formula is C12H15N5O3S. The van der Waals surface area contributed by atoms with E-state index in [-0.39, 0.29) is 16.8 Å². The molecule has 0 aliphatic carbocycles. The van der Waals surface area contributed by atoms with E-state index in [9.17, 15) is 13.2 Å². The molecule has 4 N–H and O–H groups in total. The Morgan fingerprint density at radius 2 is 1.95 bits per heavy atom. The maximum absolute atomic E-state index is 11.9. The minimum atomic E-state index is -3.72. The second-order valence-corrected chi connectivity index (χ2v) is 6.12. The van der Waals surface area contributed by atoms with E-state index in [0.29, 0.717) is 5.82 Å². The van der Waals surface area contributed by atoms with Crippen molar-refractivity contribution in [2.75, 3.05) is 0 Å². The van der Waals surface area contributed by atoms with E-state index in [2.05, 4.69) is 20.5 Å². The molecule has 1 aromatic heterocycles. The first kappa shape index (κ1) is 15.1. The summed E-state index contributed by atoms with van der Waals surface area (Å²) in [5.74, 6) is 0.188. The third kappa shape index (κ3) is 3.64. The van der Waals surface area contributed by atoms with Gasteiger partial charge in [0, 0.05) is 0 Å². The molecular weight excluding hydrogens is 294 g/mol. The number of amides is 1. The number of hydrogen-bond donors (Lipinski definition) is 3. The summed E-state index contributed by atoms with van der Waals surface area (Å²) < 4.78 is 22.3. The highest BCUT2D eigenvalue weighted by Gasteiger charge is 2.16. The summed E-state index contributed by atoms with van der Waals surface area (Å²) in [5.41, 5.74) is 0.739. The second-order valence-electron chi connectivity index (χ2n) is 4.55. The number of nitrogens with one attached hydrogen (secondary N) is 2. The highest BCUT2D eigenvalue weighted by molar-refractivity contribution is 7.89. The summed E-state index contributed by atoms with van der Waals surface area (Å²) in [4.78, 5) is 15.8. The van der Waals surface area contributed by atoms with Gasteiger partial charge in [-0.3, -0.25) is 9.89 Å². The number of aromatic amines is 1. The van der Waals surface area contributed by atoms with E-state index in [1.165, 1.54) is 12.1 Å². The predicted octanol–water partition coefficient (Wildman–Crippen LogP) is 0.252. The van der Waals surface area contributed by atoms with Crippen LogP contribution in [0.1, 0.15) is 35.0 Å². The second kappa shape index (κ2) is 5.62. The lowest BCUT2D eigenvalue weighted by molar-refractivity contribution is 0.0929. The van der Waals surface area contributed by atoms with Crippen molar-refractivity contribution in [3.05, 3.63) is 41.5 Å². The van der Waals surface area contributed by atoms with E-state index in [0.717, 1.165) is 5.56 Å². The van der Waals surface area contributed by atoms with Crippen LogP contribution in [0.25, 0.3) is 0 Å². The molecule has 9 heteroatoms. The van der Waals surface area contributed by atoms with Gasteiger partial charge in [-0.25, -0.2) is 18.5 Å². The Bertz CT molecular complexity index is 751. The number of benzene rings is 1. The number of hydrogen-bond acceptors (Lipinski definition) is 5. The lowest BCUT2D eigenvalue weighted by Crippen LogP contribution is -2.27. The lowest BCUT2D eigenvalue weighted by Gasteiger charge is -2.13. The van der Waals surface area contributed by atoms with Crippen molar-refractivity contribution in [3.63, 3.8) is 0 Å². The fraction of sp³-hybridized carbons (Fsp3) is 0.250. The number of sulfonamides is 1. The van der Waals surface area contributed by atoms with Crippen molar-refractivity contribution in [1.82, 2.24) is 20.5 Å². The molecule has 0 saturated heterocycles. The predicted molar refractivity (Wildman–Crippen MR) is 74.8 cm³/mol. The molecule has 2 rings (SSSR count). The third-order valence-electron chi connectivity index (χ3n) is 2.86. The van der Waals surface area contributed by atoms with Crippen LogP contribution in [0.2, 0.25) is 0 Å². The van der Waals surface area contributed by atoms with Crippen molar-refractivity contribution in [2.45, 2.75) is 24.8 Å². The molecule has 1 atom stereocenters. The molecule has 0 radical (unpaired) electrons. The van der Waals surface area contributed by atoms with Crippen LogP contribution in [0, 0.1) is 6.92 Å². The molecule has 112 valence electrons. The fourth-order valence-corrected chi connectivity index (χ4v) is 2.25. The largest absolute Gasteiger partial charge is 0.343 e. The lowest BCUT2D eigenvalue weighted by atomic mass is 10.1. The molecule has 0 bridgehead atoms.